The van der Waals surface area contributed by atoms with Gasteiger partial charge >= 0.3 is 0 Å². The van der Waals surface area contributed by atoms with E-state index in [1.54, 1.807) is 0 Å². The summed E-state index contributed by atoms with van der Waals surface area (Å²) >= 11 is 8.15. The first-order chi connectivity index (χ1) is 8.02. The maximum absolute atomic E-state index is 6.20. The summed E-state index contributed by atoms with van der Waals surface area (Å²) in [6.45, 7) is 6.50. The van der Waals surface area contributed by atoms with Gasteiger partial charge in [0.05, 0.1) is 0 Å². The molecule has 96 valence electrons. The van der Waals surface area contributed by atoms with Crippen molar-refractivity contribution in [1.82, 2.24) is 0 Å². The molecule has 0 fully saturated rings. The standard InChI is InChI=1S/C14H22ClNS/c1-4-11(3)17-9-13(16)8-12-6-5-10(2)7-14(12)15/h5-7,11,13H,4,8-9,16H2,1-3H3. The van der Waals surface area contributed by atoms with Gasteiger partial charge in [0.2, 0.25) is 0 Å². The van der Waals surface area contributed by atoms with Crippen molar-refractivity contribution in [2.24, 2.45) is 5.73 Å². The Hall–Kier alpha value is -0.180. The number of aryl methyl sites for hydroxylation is 1. The molecule has 0 aliphatic rings. The van der Waals surface area contributed by atoms with Crippen LogP contribution in [0.3, 0.4) is 0 Å². The fourth-order valence-electron chi connectivity index (χ4n) is 1.56. The summed E-state index contributed by atoms with van der Waals surface area (Å²) in [5.41, 5.74) is 8.49. The molecule has 1 aromatic rings. The molecule has 0 aromatic heterocycles. The molecule has 3 heteroatoms. The van der Waals surface area contributed by atoms with Crippen LogP contribution < -0.4 is 5.73 Å². The van der Waals surface area contributed by atoms with E-state index >= 15 is 0 Å². The average Bonchev–Trinajstić information content (AvgIpc) is 2.29. The molecular weight excluding hydrogens is 250 g/mol. The molecule has 2 N–H and O–H groups in total. The SMILES string of the molecule is CCC(C)SCC(N)Cc1ccc(C)cc1Cl. The maximum atomic E-state index is 6.20. The average molecular weight is 272 g/mol. The highest BCUT2D eigenvalue weighted by Gasteiger charge is 2.09. The number of halogens is 1. The quantitative estimate of drug-likeness (QED) is 0.845. The van der Waals surface area contributed by atoms with Crippen LogP contribution >= 0.6 is 23.4 Å². The molecule has 0 heterocycles. The number of nitrogens with two attached hydrogens (primary N) is 1. The normalized spacial score (nSPS) is 14.6. The highest BCUT2D eigenvalue weighted by atomic mass is 35.5. The van der Waals surface area contributed by atoms with Gasteiger partial charge in [-0.15, -0.1) is 0 Å². The topological polar surface area (TPSA) is 26.0 Å². The molecule has 0 aliphatic heterocycles. The minimum atomic E-state index is 0.189. The van der Waals surface area contributed by atoms with E-state index in [9.17, 15) is 0 Å². The lowest BCUT2D eigenvalue weighted by atomic mass is 10.1. The Labute approximate surface area is 114 Å². The molecule has 0 spiro atoms. The lowest BCUT2D eigenvalue weighted by molar-refractivity contribution is 0.745. The summed E-state index contributed by atoms with van der Waals surface area (Å²) in [7, 11) is 0. The zero-order valence-electron chi connectivity index (χ0n) is 10.9. The number of hydrogen-bond acceptors (Lipinski definition) is 2. The van der Waals surface area contributed by atoms with Gasteiger partial charge in [0, 0.05) is 22.1 Å². The van der Waals surface area contributed by atoms with Gasteiger partial charge in [-0.05, 0) is 37.0 Å². The predicted octanol–water partition coefficient (Wildman–Crippen LogP) is 4.05. The van der Waals surface area contributed by atoms with Gasteiger partial charge in [-0.25, -0.2) is 0 Å². The zero-order chi connectivity index (χ0) is 12.8. The van der Waals surface area contributed by atoms with Crippen molar-refractivity contribution in [3.8, 4) is 0 Å². The number of benzene rings is 1. The van der Waals surface area contributed by atoms with E-state index in [0.717, 1.165) is 22.8 Å². The van der Waals surface area contributed by atoms with Gasteiger partial charge < -0.3 is 5.73 Å². The molecule has 0 aliphatic carbocycles. The predicted molar refractivity (Wildman–Crippen MR) is 80.1 cm³/mol. The first kappa shape index (κ1) is 14.9. The lowest BCUT2D eigenvalue weighted by Gasteiger charge is -2.15. The second-order valence-corrected chi connectivity index (χ2v) is 6.49. The van der Waals surface area contributed by atoms with Gasteiger partial charge in [0.1, 0.15) is 0 Å². The Morgan fingerprint density at radius 1 is 1.41 bits per heavy atom. The van der Waals surface area contributed by atoms with Crippen LogP contribution in [0, 0.1) is 6.92 Å². The molecular formula is C14H22ClNS. The molecule has 0 saturated carbocycles. The Bertz CT molecular complexity index is 354. The van der Waals surface area contributed by atoms with E-state index in [-0.39, 0.29) is 6.04 Å². The summed E-state index contributed by atoms with van der Waals surface area (Å²) in [4.78, 5) is 0. The molecule has 17 heavy (non-hydrogen) atoms. The van der Waals surface area contributed by atoms with Crippen LogP contribution in [-0.2, 0) is 6.42 Å². The third-order valence-corrected chi connectivity index (χ3v) is 4.74. The van der Waals surface area contributed by atoms with Gasteiger partial charge in [-0.2, -0.15) is 11.8 Å². The Morgan fingerprint density at radius 2 is 2.12 bits per heavy atom. The largest absolute Gasteiger partial charge is 0.327 e. The Morgan fingerprint density at radius 3 is 2.71 bits per heavy atom. The second-order valence-electron chi connectivity index (χ2n) is 4.61. The highest BCUT2D eigenvalue weighted by Crippen LogP contribution is 2.21. The van der Waals surface area contributed by atoms with Crippen LogP contribution in [0.5, 0.6) is 0 Å². The molecule has 0 bridgehead atoms. The van der Waals surface area contributed by atoms with E-state index in [4.69, 9.17) is 17.3 Å². The monoisotopic (exact) mass is 271 g/mol. The van der Waals surface area contributed by atoms with Crippen molar-refractivity contribution in [2.75, 3.05) is 5.75 Å². The third kappa shape index (κ3) is 5.33. The highest BCUT2D eigenvalue weighted by molar-refractivity contribution is 7.99. The molecule has 0 saturated heterocycles. The van der Waals surface area contributed by atoms with E-state index in [2.05, 4.69) is 26.0 Å². The molecule has 1 rings (SSSR count). The van der Waals surface area contributed by atoms with Crippen molar-refractivity contribution < 1.29 is 0 Å². The molecule has 1 aromatic carbocycles. The molecule has 1 nitrogen and oxygen atoms in total. The summed E-state index contributed by atoms with van der Waals surface area (Å²) in [5, 5.41) is 1.53. The first-order valence-electron chi connectivity index (χ1n) is 6.15. The number of rotatable bonds is 6. The Kier molecular flexibility index (Phi) is 6.39. The van der Waals surface area contributed by atoms with Gasteiger partial charge in [0.15, 0.2) is 0 Å². The summed E-state index contributed by atoms with van der Waals surface area (Å²) in [5.74, 6) is 0.999. The summed E-state index contributed by atoms with van der Waals surface area (Å²) in [6, 6.07) is 6.38. The minimum absolute atomic E-state index is 0.189. The summed E-state index contributed by atoms with van der Waals surface area (Å²) < 4.78 is 0. The zero-order valence-corrected chi connectivity index (χ0v) is 12.4. The van der Waals surface area contributed by atoms with Crippen molar-refractivity contribution in [3.63, 3.8) is 0 Å². The second kappa shape index (κ2) is 7.30. The van der Waals surface area contributed by atoms with E-state index in [1.165, 1.54) is 12.0 Å². The van der Waals surface area contributed by atoms with Gasteiger partial charge in [-0.3, -0.25) is 0 Å². The fraction of sp³-hybridized carbons (Fsp3) is 0.571. The van der Waals surface area contributed by atoms with Crippen LogP contribution in [0.15, 0.2) is 18.2 Å². The van der Waals surface area contributed by atoms with Crippen LogP contribution in [-0.4, -0.2) is 17.0 Å². The fourth-order valence-corrected chi connectivity index (χ4v) is 2.81. The van der Waals surface area contributed by atoms with Crippen LogP contribution in [0.25, 0.3) is 0 Å². The number of hydrogen-bond donors (Lipinski definition) is 1. The van der Waals surface area contributed by atoms with Gasteiger partial charge in [0.25, 0.3) is 0 Å². The Balaban J connectivity index is 2.47. The molecule has 2 unspecified atom stereocenters. The molecule has 0 radical (unpaired) electrons. The molecule has 0 amide bonds. The van der Waals surface area contributed by atoms with E-state index in [1.807, 2.05) is 24.8 Å². The van der Waals surface area contributed by atoms with Crippen molar-refractivity contribution >= 4 is 23.4 Å². The first-order valence-corrected chi connectivity index (χ1v) is 7.57. The summed E-state index contributed by atoms with van der Waals surface area (Å²) in [6.07, 6.45) is 2.06. The maximum Gasteiger partial charge on any atom is 0.0441 e. The van der Waals surface area contributed by atoms with Crippen molar-refractivity contribution in [3.05, 3.63) is 34.3 Å². The minimum Gasteiger partial charge on any atom is -0.327 e. The van der Waals surface area contributed by atoms with Gasteiger partial charge in [-0.1, -0.05) is 37.6 Å². The smallest absolute Gasteiger partial charge is 0.0441 e. The van der Waals surface area contributed by atoms with Crippen LogP contribution in [0.1, 0.15) is 31.4 Å². The third-order valence-electron chi connectivity index (χ3n) is 2.86. The van der Waals surface area contributed by atoms with Crippen molar-refractivity contribution in [2.45, 2.75) is 44.9 Å². The lowest BCUT2D eigenvalue weighted by Crippen LogP contribution is -2.26. The van der Waals surface area contributed by atoms with Crippen molar-refractivity contribution in [1.29, 1.82) is 0 Å². The van der Waals surface area contributed by atoms with E-state index < -0.39 is 0 Å². The molecule has 2 atom stereocenters. The van der Waals surface area contributed by atoms with E-state index in [0.29, 0.717) is 5.25 Å². The van der Waals surface area contributed by atoms with Crippen LogP contribution in [0.4, 0.5) is 0 Å². The number of thioether (sulfide) groups is 1. The van der Waals surface area contributed by atoms with Crippen LogP contribution in [0.2, 0.25) is 5.02 Å².